The second-order valence-corrected chi connectivity index (χ2v) is 6.16. The molecule has 0 aliphatic heterocycles. The van der Waals surface area contributed by atoms with Gasteiger partial charge in [0.2, 0.25) is 0 Å². The van der Waals surface area contributed by atoms with E-state index in [2.05, 4.69) is 29.1 Å². The van der Waals surface area contributed by atoms with Gasteiger partial charge < -0.3 is 5.73 Å². The Bertz CT molecular complexity index is 1020. The highest BCUT2D eigenvalue weighted by Gasteiger charge is 2.13. The standard InChI is InChI=1S/C19H15ClN4/c1-12-2-4-13(5-3-12)16-10-22-19-17(11-23-24(19)18(16)21)14-6-8-15(20)9-7-14/h2-11H,21H2,1H3. The molecule has 2 heterocycles. The Morgan fingerprint density at radius 3 is 2.21 bits per heavy atom. The van der Waals surface area contributed by atoms with E-state index in [1.165, 1.54) is 5.56 Å². The number of nitrogen functional groups attached to an aromatic ring is 1. The molecule has 4 rings (SSSR count). The number of aromatic nitrogens is 3. The van der Waals surface area contributed by atoms with E-state index in [4.69, 9.17) is 17.3 Å². The number of fused-ring (bicyclic) bond motifs is 1. The lowest BCUT2D eigenvalue weighted by Gasteiger charge is -2.08. The number of hydrogen-bond acceptors (Lipinski definition) is 3. The van der Waals surface area contributed by atoms with E-state index in [0.717, 1.165) is 27.9 Å². The molecule has 24 heavy (non-hydrogen) atoms. The smallest absolute Gasteiger partial charge is 0.165 e. The van der Waals surface area contributed by atoms with Crippen molar-refractivity contribution in [3.8, 4) is 22.3 Å². The number of nitrogens with zero attached hydrogens (tertiary/aromatic N) is 3. The number of halogens is 1. The van der Waals surface area contributed by atoms with Crippen molar-refractivity contribution in [2.24, 2.45) is 0 Å². The van der Waals surface area contributed by atoms with Gasteiger partial charge in [-0.25, -0.2) is 4.98 Å². The second-order valence-electron chi connectivity index (χ2n) is 5.72. The summed E-state index contributed by atoms with van der Waals surface area (Å²) in [5.41, 5.74) is 12.1. The van der Waals surface area contributed by atoms with Gasteiger partial charge in [0.25, 0.3) is 0 Å². The lowest BCUT2D eigenvalue weighted by atomic mass is 10.1. The van der Waals surface area contributed by atoms with Crippen LogP contribution in [0, 0.1) is 6.92 Å². The van der Waals surface area contributed by atoms with Crippen molar-refractivity contribution < 1.29 is 0 Å². The number of hydrogen-bond donors (Lipinski definition) is 1. The Balaban J connectivity index is 1.86. The molecule has 0 bridgehead atoms. The maximum Gasteiger partial charge on any atom is 0.165 e. The van der Waals surface area contributed by atoms with Crippen molar-refractivity contribution in [2.75, 3.05) is 5.73 Å². The second kappa shape index (κ2) is 5.65. The van der Waals surface area contributed by atoms with Crippen LogP contribution in [0.4, 0.5) is 5.82 Å². The minimum absolute atomic E-state index is 0.573. The molecule has 0 spiro atoms. The van der Waals surface area contributed by atoms with Crippen molar-refractivity contribution in [3.63, 3.8) is 0 Å². The van der Waals surface area contributed by atoms with Crippen LogP contribution in [-0.2, 0) is 0 Å². The summed E-state index contributed by atoms with van der Waals surface area (Å²) in [5.74, 6) is 0.573. The fourth-order valence-electron chi connectivity index (χ4n) is 2.74. The summed E-state index contributed by atoms with van der Waals surface area (Å²) >= 11 is 5.96. The lowest BCUT2D eigenvalue weighted by Crippen LogP contribution is -2.02. The van der Waals surface area contributed by atoms with Gasteiger partial charge in [-0.05, 0) is 30.2 Å². The van der Waals surface area contributed by atoms with E-state index in [1.54, 1.807) is 16.9 Å². The first-order chi connectivity index (χ1) is 11.6. The van der Waals surface area contributed by atoms with Gasteiger partial charge in [-0.2, -0.15) is 9.61 Å². The largest absolute Gasteiger partial charge is 0.383 e. The first-order valence-corrected chi connectivity index (χ1v) is 7.96. The van der Waals surface area contributed by atoms with Crippen LogP contribution in [0.5, 0.6) is 0 Å². The first-order valence-electron chi connectivity index (χ1n) is 7.58. The molecule has 0 saturated carbocycles. The van der Waals surface area contributed by atoms with E-state index in [0.29, 0.717) is 10.8 Å². The van der Waals surface area contributed by atoms with E-state index >= 15 is 0 Å². The van der Waals surface area contributed by atoms with Gasteiger partial charge in [-0.1, -0.05) is 53.6 Å². The zero-order valence-corrected chi connectivity index (χ0v) is 13.8. The molecule has 0 fully saturated rings. The molecule has 0 amide bonds. The average molecular weight is 335 g/mol. The van der Waals surface area contributed by atoms with Crippen LogP contribution in [-0.4, -0.2) is 14.6 Å². The van der Waals surface area contributed by atoms with Gasteiger partial charge in [-0.15, -0.1) is 0 Å². The molecular weight excluding hydrogens is 320 g/mol. The van der Waals surface area contributed by atoms with Crippen molar-refractivity contribution in [1.29, 1.82) is 0 Å². The van der Waals surface area contributed by atoms with Crippen LogP contribution < -0.4 is 5.73 Å². The summed E-state index contributed by atoms with van der Waals surface area (Å²) in [4.78, 5) is 4.59. The Morgan fingerprint density at radius 2 is 1.50 bits per heavy atom. The van der Waals surface area contributed by atoms with Crippen LogP contribution in [0.15, 0.2) is 60.9 Å². The third kappa shape index (κ3) is 2.41. The number of benzene rings is 2. The molecule has 0 saturated heterocycles. The Hall–Kier alpha value is -2.85. The van der Waals surface area contributed by atoms with Gasteiger partial charge in [0.1, 0.15) is 5.82 Å². The normalized spacial score (nSPS) is 11.1. The van der Waals surface area contributed by atoms with E-state index < -0.39 is 0 Å². The minimum Gasteiger partial charge on any atom is -0.383 e. The van der Waals surface area contributed by atoms with Gasteiger partial charge in [0, 0.05) is 22.3 Å². The average Bonchev–Trinajstić information content (AvgIpc) is 3.02. The fraction of sp³-hybridized carbons (Fsp3) is 0.0526. The van der Waals surface area contributed by atoms with Gasteiger partial charge >= 0.3 is 0 Å². The monoisotopic (exact) mass is 334 g/mol. The highest BCUT2D eigenvalue weighted by atomic mass is 35.5. The molecule has 2 aromatic heterocycles. The number of anilines is 1. The van der Waals surface area contributed by atoms with Crippen molar-refractivity contribution >= 4 is 23.1 Å². The fourth-order valence-corrected chi connectivity index (χ4v) is 2.86. The van der Waals surface area contributed by atoms with Crippen molar-refractivity contribution in [2.45, 2.75) is 6.92 Å². The van der Waals surface area contributed by atoms with Crippen molar-refractivity contribution in [1.82, 2.24) is 14.6 Å². The highest BCUT2D eigenvalue weighted by Crippen LogP contribution is 2.30. The lowest BCUT2D eigenvalue weighted by molar-refractivity contribution is 0.954. The molecule has 0 atom stereocenters. The van der Waals surface area contributed by atoms with Crippen LogP contribution >= 0.6 is 11.6 Å². The van der Waals surface area contributed by atoms with Crippen molar-refractivity contribution in [3.05, 3.63) is 71.5 Å². The SMILES string of the molecule is Cc1ccc(-c2cnc3c(-c4ccc(Cl)cc4)cnn3c2N)cc1. The maximum absolute atomic E-state index is 6.34. The number of rotatable bonds is 2. The minimum atomic E-state index is 0.573. The summed E-state index contributed by atoms with van der Waals surface area (Å²) < 4.78 is 1.68. The molecular formula is C19H15ClN4. The first kappa shape index (κ1) is 14.7. The third-order valence-electron chi connectivity index (χ3n) is 4.08. The summed E-state index contributed by atoms with van der Waals surface area (Å²) in [7, 11) is 0. The summed E-state index contributed by atoms with van der Waals surface area (Å²) in [6.07, 6.45) is 3.58. The zero-order valence-electron chi connectivity index (χ0n) is 13.1. The van der Waals surface area contributed by atoms with E-state index in [1.807, 2.05) is 36.4 Å². The Morgan fingerprint density at radius 1 is 0.875 bits per heavy atom. The number of aryl methyl sites for hydroxylation is 1. The molecule has 5 heteroatoms. The molecule has 0 radical (unpaired) electrons. The predicted molar refractivity (Wildman–Crippen MR) is 98.0 cm³/mol. The molecule has 0 aliphatic rings. The van der Waals surface area contributed by atoms with Crippen LogP contribution in [0.1, 0.15) is 5.56 Å². The molecule has 118 valence electrons. The third-order valence-corrected chi connectivity index (χ3v) is 4.33. The topological polar surface area (TPSA) is 56.2 Å². The molecule has 2 N–H and O–H groups in total. The van der Waals surface area contributed by atoms with Gasteiger partial charge in [0.15, 0.2) is 5.65 Å². The summed E-state index contributed by atoms with van der Waals surface area (Å²) in [5, 5.41) is 5.12. The predicted octanol–water partition coefficient (Wildman–Crippen LogP) is 4.61. The zero-order chi connectivity index (χ0) is 16.7. The molecule has 0 unspecified atom stereocenters. The molecule has 2 aromatic carbocycles. The molecule has 0 aliphatic carbocycles. The van der Waals surface area contributed by atoms with E-state index in [-0.39, 0.29) is 0 Å². The summed E-state index contributed by atoms with van der Waals surface area (Å²) in [6, 6.07) is 15.8. The Labute approximate surface area is 144 Å². The van der Waals surface area contributed by atoms with Crippen LogP contribution in [0.2, 0.25) is 5.02 Å². The Kier molecular flexibility index (Phi) is 3.47. The molecule has 4 aromatic rings. The number of nitrogens with two attached hydrogens (primary N) is 1. The summed E-state index contributed by atoms with van der Waals surface area (Å²) in [6.45, 7) is 2.06. The van der Waals surface area contributed by atoms with Gasteiger partial charge in [-0.3, -0.25) is 0 Å². The maximum atomic E-state index is 6.34. The van der Waals surface area contributed by atoms with E-state index in [9.17, 15) is 0 Å². The van der Waals surface area contributed by atoms with Crippen LogP contribution in [0.25, 0.3) is 27.9 Å². The highest BCUT2D eigenvalue weighted by molar-refractivity contribution is 6.30. The van der Waals surface area contributed by atoms with Gasteiger partial charge in [0.05, 0.1) is 6.20 Å². The quantitative estimate of drug-likeness (QED) is 0.582. The van der Waals surface area contributed by atoms with Crippen LogP contribution in [0.3, 0.4) is 0 Å². The molecule has 4 nitrogen and oxygen atoms in total.